The van der Waals surface area contributed by atoms with Crippen LogP contribution in [0.5, 0.6) is 0 Å². The Hall–Kier alpha value is -2.38. The van der Waals surface area contributed by atoms with Crippen molar-refractivity contribution in [3.8, 4) is 11.1 Å². The lowest BCUT2D eigenvalue weighted by Gasteiger charge is -2.35. The lowest BCUT2D eigenvalue weighted by atomic mass is 10.0. The molecule has 4 rings (SSSR count). The van der Waals surface area contributed by atoms with Gasteiger partial charge in [0.2, 0.25) is 0 Å². The Balaban J connectivity index is 1.64. The van der Waals surface area contributed by atoms with Crippen LogP contribution in [0.15, 0.2) is 41.1 Å². The number of fused-ring (bicyclic) bond motifs is 1. The van der Waals surface area contributed by atoms with Gasteiger partial charge in [-0.3, -0.25) is 0 Å². The zero-order valence-electron chi connectivity index (χ0n) is 18.8. The lowest BCUT2D eigenvalue weighted by Crippen LogP contribution is -2.44. The summed E-state index contributed by atoms with van der Waals surface area (Å²) in [6.07, 6.45) is 3.10. The zero-order valence-corrected chi connectivity index (χ0v) is 20.4. The third-order valence-corrected chi connectivity index (χ3v) is 6.19. The van der Waals surface area contributed by atoms with E-state index in [1.54, 1.807) is 6.20 Å². The van der Waals surface area contributed by atoms with Crippen LogP contribution in [0, 0.1) is 6.92 Å². The number of likely N-dealkylation sites (N-methyl/N-ethyl adjacent to an activating group) is 1. The summed E-state index contributed by atoms with van der Waals surface area (Å²) < 4.78 is 7.78. The van der Waals surface area contributed by atoms with Gasteiger partial charge in [-0.2, -0.15) is 0 Å². The number of aromatic nitrogens is 2. The first kappa shape index (κ1) is 21.8. The molecule has 0 radical (unpaired) electrons. The minimum atomic E-state index is -0.566. The number of carbonyl (C=O) groups excluding carboxylic acids is 1. The van der Waals surface area contributed by atoms with E-state index in [-0.39, 0.29) is 0 Å². The van der Waals surface area contributed by atoms with Gasteiger partial charge in [-0.15, -0.1) is 0 Å². The average molecular weight is 485 g/mol. The van der Waals surface area contributed by atoms with Crippen molar-refractivity contribution in [3.05, 3.63) is 46.7 Å². The maximum Gasteiger partial charge on any atom is 0.420 e. The molecule has 7 heteroatoms. The van der Waals surface area contributed by atoms with Gasteiger partial charge in [-0.1, -0.05) is 6.07 Å². The van der Waals surface area contributed by atoms with Crippen molar-refractivity contribution >= 4 is 38.7 Å². The van der Waals surface area contributed by atoms with E-state index < -0.39 is 11.7 Å². The van der Waals surface area contributed by atoms with Crippen molar-refractivity contribution in [1.29, 1.82) is 0 Å². The smallest absolute Gasteiger partial charge is 0.420 e. The molecule has 2 aromatic heterocycles. The van der Waals surface area contributed by atoms with Gasteiger partial charge in [-0.05, 0) is 80.0 Å². The molecule has 3 heterocycles. The fraction of sp³-hybridized carbons (Fsp3) is 0.417. The van der Waals surface area contributed by atoms with Gasteiger partial charge in [0.1, 0.15) is 5.60 Å². The predicted molar refractivity (Wildman–Crippen MR) is 129 cm³/mol. The number of hydrogen-bond donors (Lipinski definition) is 0. The highest BCUT2D eigenvalue weighted by Gasteiger charge is 2.22. The standard InChI is InChI=1S/C24H29BrN4O2/c1-16-12-17(6-7-21(16)28-10-8-27(5)9-11-28)18-13-19-20(25)15-29(22(19)26-14-18)23(30)31-24(2,3)4/h6-7,12-15H,8-11H2,1-5H3. The molecular formula is C24H29BrN4O2. The monoisotopic (exact) mass is 484 g/mol. The molecular weight excluding hydrogens is 456 g/mol. The Morgan fingerprint density at radius 3 is 2.45 bits per heavy atom. The van der Waals surface area contributed by atoms with E-state index >= 15 is 0 Å². The van der Waals surface area contributed by atoms with E-state index in [0.29, 0.717) is 5.65 Å². The number of nitrogens with zero attached hydrogens (tertiary/aromatic N) is 4. The summed E-state index contributed by atoms with van der Waals surface area (Å²) in [6, 6.07) is 8.65. The van der Waals surface area contributed by atoms with Crippen LogP contribution >= 0.6 is 15.9 Å². The summed E-state index contributed by atoms with van der Waals surface area (Å²) >= 11 is 3.58. The summed E-state index contributed by atoms with van der Waals surface area (Å²) in [4.78, 5) is 22.0. The molecule has 0 atom stereocenters. The van der Waals surface area contributed by atoms with Crippen molar-refractivity contribution in [1.82, 2.24) is 14.5 Å². The Morgan fingerprint density at radius 1 is 1.10 bits per heavy atom. The minimum Gasteiger partial charge on any atom is -0.443 e. The Morgan fingerprint density at radius 2 is 1.81 bits per heavy atom. The molecule has 31 heavy (non-hydrogen) atoms. The normalized spacial score (nSPS) is 15.5. The highest BCUT2D eigenvalue weighted by Crippen LogP contribution is 2.32. The van der Waals surface area contributed by atoms with Gasteiger partial charge in [0.05, 0.1) is 0 Å². The summed E-state index contributed by atoms with van der Waals surface area (Å²) in [7, 11) is 2.17. The summed E-state index contributed by atoms with van der Waals surface area (Å²) in [6.45, 7) is 12.0. The van der Waals surface area contributed by atoms with Crippen molar-refractivity contribution in [2.24, 2.45) is 0 Å². The van der Waals surface area contributed by atoms with Gasteiger partial charge in [0.25, 0.3) is 0 Å². The van der Waals surface area contributed by atoms with E-state index in [4.69, 9.17) is 4.74 Å². The number of anilines is 1. The van der Waals surface area contributed by atoms with E-state index in [9.17, 15) is 4.79 Å². The molecule has 0 aliphatic carbocycles. The second-order valence-corrected chi connectivity index (χ2v) is 10.1. The van der Waals surface area contributed by atoms with Crippen molar-refractivity contribution in [3.63, 3.8) is 0 Å². The van der Waals surface area contributed by atoms with Crippen LogP contribution in [-0.4, -0.2) is 59.4 Å². The first-order chi connectivity index (χ1) is 14.6. The first-order valence-corrected chi connectivity index (χ1v) is 11.4. The molecule has 1 fully saturated rings. The molecule has 0 saturated carbocycles. The highest BCUT2D eigenvalue weighted by molar-refractivity contribution is 9.10. The summed E-state index contributed by atoms with van der Waals surface area (Å²) in [5, 5.41) is 0.879. The van der Waals surface area contributed by atoms with Crippen molar-refractivity contribution in [2.75, 3.05) is 38.1 Å². The fourth-order valence-corrected chi connectivity index (χ4v) is 4.41. The SMILES string of the molecule is Cc1cc(-c2cnc3c(c2)c(Br)cn3C(=O)OC(C)(C)C)ccc1N1CCN(C)CC1. The van der Waals surface area contributed by atoms with Crippen LogP contribution < -0.4 is 4.90 Å². The van der Waals surface area contributed by atoms with Crippen LogP contribution in [0.1, 0.15) is 26.3 Å². The maximum absolute atomic E-state index is 12.6. The Bertz CT molecular complexity index is 1120. The number of ether oxygens (including phenoxy) is 1. The molecule has 6 nitrogen and oxygen atoms in total. The van der Waals surface area contributed by atoms with Gasteiger partial charge in [-0.25, -0.2) is 14.3 Å². The van der Waals surface area contributed by atoms with Gasteiger partial charge >= 0.3 is 6.09 Å². The largest absolute Gasteiger partial charge is 0.443 e. The van der Waals surface area contributed by atoms with Crippen LogP contribution in [0.25, 0.3) is 22.2 Å². The number of hydrogen-bond acceptors (Lipinski definition) is 5. The highest BCUT2D eigenvalue weighted by atomic mass is 79.9. The molecule has 0 N–H and O–H groups in total. The molecule has 0 bridgehead atoms. The van der Waals surface area contributed by atoms with E-state index in [2.05, 4.69) is 69.0 Å². The molecule has 1 aliphatic rings. The molecule has 0 amide bonds. The van der Waals surface area contributed by atoms with Gasteiger partial charge in [0.15, 0.2) is 5.65 Å². The Labute approximate surface area is 191 Å². The summed E-state index contributed by atoms with van der Waals surface area (Å²) in [5.41, 5.74) is 4.69. The summed E-state index contributed by atoms with van der Waals surface area (Å²) in [5.74, 6) is 0. The van der Waals surface area contributed by atoms with Gasteiger partial charge in [0, 0.05) is 59.7 Å². The molecule has 164 valence electrons. The number of benzene rings is 1. The zero-order chi connectivity index (χ0) is 22.3. The number of rotatable bonds is 2. The number of pyridine rings is 1. The lowest BCUT2D eigenvalue weighted by molar-refractivity contribution is 0.0543. The van der Waals surface area contributed by atoms with Crippen LogP contribution in [-0.2, 0) is 4.74 Å². The molecule has 3 aromatic rings. The third-order valence-electron chi connectivity index (χ3n) is 5.56. The van der Waals surface area contributed by atoms with Gasteiger partial charge < -0.3 is 14.5 Å². The molecule has 0 unspecified atom stereocenters. The first-order valence-electron chi connectivity index (χ1n) is 10.6. The molecule has 1 aliphatic heterocycles. The second kappa shape index (κ2) is 8.28. The molecule has 1 aromatic carbocycles. The van der Waals surface area contributed by atoms with E-state index in [1.165, 1.54) is 15.8 Å². The topological polar surface area (TPSA) is 50.6 Å². The van der Waals surface area contributed by atoms with E-state index in [0.717, 1.165) is 47.2 Å². The number of aryl methyl sites for hydroxylation is 1. The second-order valence-electron chi connectivity index (χ2n) is 9.21. The van der Waals surface area contributed by atoms with Crippen LogP contribution in [0.3, 0.4) is 0 Å². The van der Waals surface area contributed by atoms with Crippen LogP contribution in [0.4, 0.5) is 10.5 Å². The number of carbonyl (C=O) groups is 1. The maximum atomic E-state index is 12.6. The Kier molecular flexibility index (Phi) is 5.83. The quantitative estimate of drug-likeness (QED) is 0.493. The minimum absolute atomic E-state index is 0.434. The number of piperazine rings is 1. The van der Waals surface area contributed by atoms with E-state index in [1.807, 2.05) is 27.0 Å². The van der Waals surface area contributed by atoms with Crippen molar-refractivity contribution in [2.45, 2.75) is 33.3 Å². The van der Waals surface area contributed by atoms with Crippen LogP contribution in [0.2, 0.25) is 0 Å². The molecule has 1 saturated heterocycles. The third kappa shape index (κ3) is 4.62. The van der Waals surface area contributed by atoms with Crippen molar-refractivity contribution < 1.29 is 9.53 Å². The fourth-order valence-electron chi connectivity index (χ4n) is 3.91. The average Bonchev–Trinajstić information content (AvgIpc) is 3.04. The predicted octanol–water partition coefficient (Wildman–Crippen LogP) is 5.31. The molecule has 0 spiro atoms. The number of halogens is 1.